The Kier molecular flexibility index (Phi) is 6.09. The average molecular weight is 284 g/mol. The highest BCUT2D eigenvalue weighted by Gasteiger charge is 2.31. The summed E-state index contributed by atoms with van der Waals surface area (Å²) in [6.45, 7) is 7.53. The number of methoxy groups -OCH3 is 1. The van der Waals surface area contributed by atoms with Crippen molar-refractivity contribution in [2.24, 2.45) is 0 Å². The van der Waals surface area contributed by atoms with Crippen molar-refractivity contribution in [1.29, 1.82) is 0 Å². The van der Waals surface area contributed by atoms with Crippen LogP contribution in [0, 0.1) is 0 Å². The van der Waals surface area contributed by atoms with Crippen molar-refractivity contribution in [2.75, 3.05) is 27.4 Å². The van der Waals surface area contributed by atoms with E-state index in [2.05, 4.69) is 10.2 Å². The topological polar surface area (TPSA) is 69.5 Å². The molecule has 0 radical (unpaired) electrons. The summed E-state index contributed by atoms with van der Waals surface area (Å²) in [4.78, 5) is 13.9. The van der Waals surface area contributed by atoms with Gasteiger partial charge in [0.25, 0.3) is 5.91 Å². The van der Waals surface area contributed by atoms with Crippen LogP contribution in [0.3, 0.4) is 0 Å². The van der Waals surface area contributed by atoms with Crippen LogP contribution in [0.2, 0.25) is 0 Å². The summed E-state index contributed by atoms with van der Waals surface area (Å²) in [6.07, 6.45) is 1.64. The maximum Gasteiger partial charge on any atom is 0.254 e. The molecule has 0 saturated heterocycles. The van der Waals surface area contributed by atoms with Gasteiger partial charge in [-0.1, -0.05) is 0 Å². The van der Waals surface area contributed by atoms with Gasteiger partial charge < -0.3 is 18.9 Å². The molecule has 20 heavy (non-hydrogen) atoms. The standard InChI is InChI=1S/C13H24N4O3/c1-6-20-13(2,3)12(18)16(4)9-11-15-14-10-17(11)7-8-19-5/h10H,6-9H2,1-5H3. The van der Waals surface area contributed by atoms with Crippen LogP contribution in [0.4, 0.5) is 0 Å². The fourth-order valence-corrected chi connectivity index (χ4v) is 1.94. The number of rotatable bonds is 8. The van der Waals surface area contributed by atoms with Crippen molar-refractivity contribution in [3.8, 4) is 0 Å². The molecule has 0 aliphatic carbocycles. The second-order valence-electron chi connectivity index (χ2n) is 5.04. The molecule has 0 saturated carbocycles. The fourth-order valence-electron chi connectivity index (χ4n) is 1.94. The molecule has 7 heteroatoms. The predicted octanol–water partition coefficient (Wildman–Crippen LogP) is 0.698. The zero-order valence-electron chi connectivity index (χ0n) is 12.9. The van der Waals surface area contributed by atoms with Crippen molar-refractivity contribution in [1.82, 2.24) is 19.7 Å². The maximum atomic E-state index is 12.3. The molecule has 7 nitrogen and oxygen atoms in total. The Morgan fingerprint density at radius 2 is 2.20 bits per heavy atom. The van der Waals surface area contributed by atoms with Crippen molar-refractivity contribution in [3.63, 3.8) is 0 Å². The van der Waals surface area contributed by atoms with Crippen LogP contribution in [0.1, 0.15) is 26.6 Å². The van der Waals surface area contributed by atoms with Crippen molar-refractivity contribution < 1.29 is 14.3 Å². The Balaban J connectivity index is 2.68. The van der Waals surface area contributed by atoms with Gasteiger partial charge in [0, 0.05) is 27.3 Å². The summed E-state index contributed by atoms with van der Waals surface area (Å²) >= 11 is 0. The highest BCUT2D eigenvalue weighted by atomic mass is 16.5. The Hall–Kier alpha value is -1.47. The monoisotopic (exact) mass is 284 g/mol. The number of hydrogen-bond acceptors (Lipinski definition) is 5. The van der Waals surface area contributed by atoms with Gasteiger partial charge in [-0.25, -0.2) is 0 Å². The average Bonchev–Trinajstić information content (AvgIpc) is 2.82. The molecule has 1 heterocycles. The minimum absolute atomic E-state index is 0.0827. The molecule has 0 spiro atoms. The number of hydrogen-bond donors (Lipinski definition) is 0. The molecule has 0 bridgehead atoms. The van der Waals surface area contributed by atoms with Crippen LogP contribution in [-0.4, -0.2) is 58.5 Å². The first-order valence-electron chi connectivity index (χ1n) is 6.67. The molecule has 0 aliphatic heterocycles. The van der Waals surface area contributed by atoms with Crippen LogP contribution in [-0.2, 0) is 27.4 Å². The number of ether oxygens (including phenoxy) is 2. The molecule has 1 rings (SSSR count). The molecule has 1 amide bonds. The second kappa shape index (κ2) is 7.35. The Bertz CT molecular complexity index is 431. The van der Waals surface area contributed by atoms with Crippen LogP contribution in [0.5, 0.6) is 0 Å². The number of carbonyl (C=O) groups is 1. The minimum Gasteiger partial charge on any atom is -0.383 e. The zero-order chi connectivity index (χ0) is 15.2. The highest BCUT2D eigenvalue weighted by Crippen LogP contribution is 2.14. The van der Waals surface area contributed by atoms with Crippen LogP contribution < -0.4 is 0 Å². The van der Waals surface area contributed by atoms with E-state index in [0.717, 1.165) is 5.82 Å². The lowest BCUT2D eigenvalue weighted by molar-refractivity contribution is -0.153. The first-order chi connectivity index (χ1) is 9.42. The molecule has 0 atom stereocenters. The molecular weight excluding hydrogens is 260 g/mol. The lowest BCUT2D eigenvalue weighted by Gasteiger charge is -2.28. The summed E-state index contributed by atoms with van der Waals surface area (Å²) in [6, 6.07) is 0. The van der Waals surface area contributed by atoms with E-state index < -0.39 is 5.60 Å². The third-order valence-corrected chi connectivity index (χ3v) is 2.98. The van der Waals surface area contributed by atoms with Crippen molar-refractivity contribution in [3.05, 3.63) is 12.2 Å². The van der Waals surface area contributed by atoms with Gasteiger partial charge in [-0.15, -0.1) is 10.2 Å². The lowest BCUT2D eigenvalue weighted by atomic mass is 10.1. The van der Waals surface area contributed by atoms with Crippen molar-refractivity contribution >= 4 is 5.91 Å². The number of aromatic nitrogens is 3. The lowest BCUT2D eigenvalue weighted by Crippen LogP contribution is -2.45. The van der Waals surface area contributed by atoms with E-state index in [1.807, 2.05) is 11.5 Å². The molecule has 0 aromatic carbocycles. The SMILES string of the molecule is CCOC(C)(C)C(=O)N(C)Cc1nncn1CCOC. The number of nitrogens with zero attached hydrogens (tertiary/aromatic N) is 4. The summed E-state index contributed by atoms with van der Waals surface area (Å²) in [5.41, 5.74) is -0.832. The third-order valence-electron chi connectivity index (χ3n) is 2.98. The molecule has 1 aromatic heterocycles. The maximum absolute atomic E-state index is 12.3. The molecule has 0 aliphatic rings. The molecule has 0 fully saturated rings. The highest BCUT2D eigenvalue weighted by molar-refractivity contribution is 5.84. The molecule has 1 aromatic rings. The summed E-state index contributed by atoms with van der Waals surface area (Å²) in [5.74, 6) is 0.644. The Labute approximate surface area is 119 Å². The van der Waals surface area contributed by atoms with E-state index in [1.165, 1.54) is 0 Å². The predicted molar refractivity (Wildman–Crippen MR) is 74.1 cm³/mol. The van der Waals surface area contributed by atoms with Gasteiger partial charge in [0.2, 0.25) is 0 Å². The van der Waals surface area contributed by atoms with E-state index in [-0.39, 0.29) is 5.91 Å². The van der Waals surface area contributed by atoms with Crippen LogP contribution in [0.25, 0.3) is 0 Å². The Morgan fingerprint density at radius 3 is 2.80 bits per heavy atom. The summed E-state index contributed by atoms with van der Waals surface area (Å²) in [7, 11) is 3.38. The quantitative estimate of drug-likeness (QED) is 0.703. The Morgan fingerprint density at radius 1 is 1.50 bits per heavy atom. The first kappa shape index (κ1) is 16.6. The van der Waals surface area contributed by atoms with Crippen molar-refractivity contribution in [2.45, 2.75) is 39.5 Å². The van der Waals surface area contributed by atoms with Gasteiger partial charge in [-0.05, 0) is 20.8 Å². The van der Waals surface area contributed by atoms with Crippen LogP contribution >= 0.6 is 0 Å². The molecular formula is C13H24N4O3. The zero-order valence-corrected chi connectivity index (χ0v) is 12.9. The number of likely N-dealkylation sites (N-methyl/N-ethyl adjacent to an activating group) is 1. The van der Waals surface area contributed by atoms with E-state index >= 15 is 0 Å². The summed E-state index contributed by atoms with van der Waals surface area (Å²) in [5, 5.41) is 7.92. The van der Waals surface area contributed by atoms with E-state index in [9.17, 15) is 4.79 Å². The summed E-state index contributed by atoms with van der Waals surface area (Å²) < 4.78 is 12.4. The van der Waals surface area contributed by atoms with Gasteiger partial charge in [0.05, 0.1) is 13.2 Å². The molecule has 0 N–H and O–H groups in total. The van der Waals surface area contributed by atoms with E-state index in [4.69, 9.17) is 9.47 Å². The van der Waals surface area contributed by atoms with E-state index in [1.54, 1.807) is 39.2 Å². The normalized spacial score (nSPS) is 11.7. The largest absolute Gasteiger partial charge is 0.383 e. The van der Waals surface area contributed by atoms with Gasteiger partial charge in [0.1, 0.15) is 11.9 Å². The smallest absolute Gasteiger partial charge is 0.254 e. The van der Waals surface area contributed by atoms with Gasteiger partial charge in [0.15, 0.2) is 5.82 Å². The first-order valence-corrected chi connectivity index (χ1v) is 6.67. The molecule has 114 valence electrons. The van der Waals surface area contributed by atoms with Gasteiger partial charge in [-0.3, -0.25) is 4.79 Å². The van der Waals surface area contributed by atoms with Gasteiger partial charge in [-0.2, -0.15) is 0 Å². The number of amides is 1. The fraction of sp³-hybridized carbons (Fsp3) is 0.769. The van der Waals surface area contributed by atoms with Gasteiger partial charge >= 0.3 is 0 Å². The number of carbonyl (C=O) groups excluding carboxylic acids is 1. The van der Waals surface area contributed by atoms with E-state index in [0.29, 0.717) is 26.3 Å². The van der Waals surface area contributed by atoms with Crippen LogP contribution in [0.15, 0.2) is 6.33 Å². The minimum atomic E-state index is -0.832. The second-order valence-corrected chi connectivity index (χ2v) is 5.04. The third kappa shape index (κ3) is 4.28. The molecule has 0 unspecified atom stereocenters.